The minimum Gasteiger partial charge on any atom is -0.358 e. The maximum Gasteiger partial charge on any atom is 0.109 e. The zero-order chi connectivity index (χ0) is 19.0. The van der Waals surface area contributed by atoms with Crippen LogP contribution in [0.1, 0.15) is 46.8 Å². The van der Waals surface area contributed by atoms with E-state index in [9.17, 15) is 0 Å². The highest BCUT2D eigenvalue weighted by molar-refractivity contribution is 5.44. The summed E-state index contributed by atoms with van der Waals surface area (Å²) < 4.78 is 6.86. The van der Waals surface area contributed by atoms with Gasteiger partial charge >= 0.3 is 0 Å². The number of hydrogen-bond acceptors (Lipinski definition) is 2. The predicted octanol–water partition coefficient (Wildman–Crippen LogP) is 5.61. The van der Waals surface area contributed by atoms with Crippen LogP contribution in [0.4, 0.5) is 0 Å². The molecule has 1 saturated heterocycles. The molecule has 2 heteroatoms. The summed E-state index contributed by atoms with van der Waals surface area (Å²) >= 11 is 0. The van der Waals surface area contributed by atoms with Crippen molar-refractivity contribution in [1.82, 2.24) is 4.90 Å². The molecule has 1 spiro atoms. The highest BCUT2D eigenvalue weighted by atomic mass is 16.5. The van der Waals surface area contributed by atoms with Crippen LogP contribution in [0, 0.1) is 6.92 Å². The van der Waals surface area contributed by atoms with Crippen LogP contribution in [0.5, 0.6) is 0 Å². The lowest BCUT2D eigenvalue weighted by molar-refractivity contribution is -0.0978. The van der Waals surface area contributed by atoms with Gasteiger partial charge in [0.05, 0.1) is 5.60 Å². The van der Waals surface area contributed by atoms with Crippen molar-refractivity contribution in [3.05, 3.63) is 107 Å². The lowest BCUT2D eigenvalue weighted by atomic mass is 9.83. The average Bonchev–Trinajstić information content (AvgIpc) is 3.06. The molecule has 0 radical (unpaired) electrons. The first kappa shape index (κ1) is 17.7. The molecule has 0 bridgehead atoms. The predicted molar refractivity (Wildman–Crippen MR) is 113 cm³/mol. The second-order valence-corrected chi connectivity index (χ2v) is 8.25. The third-order valence-electron chi connectivity index (χ3n) is 6.37. The Morgan fingerprint density at radius 3 is 2.29 bits per heavy atom. The Bertz CT molecular complexity index is 940. The topological polar surface area (TPSA) is 12.5 Å². The van der Waals surface area contributed by atoms with Gasteiger partial charge in [-0.1, -0.05) is 84.4 Å². The number of piperidine rings is 1. The van der Waals surface area contributed by atoms with Crippen LogP contribution in [-0.4, -0.2) is 18.0 Å². The quantitative estimate of drug-likeness (QED) is 0.595. The zero-order valence-corrected chi connectivity index (χ0v) is 16.5. The maximum atomic E-state index is 6.86. The summed E-state index contributed by atoms with van der Waals surface area (Å²) in [5, 5.41) is 0. The Hall–Kier alpha value is -2.42. The Morgan fingerprint density at radius 2 is 1.54 bits per heavy atom. The van der Waals surface area contributed by atoms with E-state index in [1.54, 1.807) is 0 Å². The lowest BCUT2D eigenvalue weighted by Crippen LogP contribution is -2.42. The van der Waals surface area contributed by atoms with E-state index in [0.29, 0.717) is 0 Å². The molecule has 2 nitrogen and oxygen atoms in total. The lowest BCUT2D eigenvalue weighted by Gasteiger charge is -2.40. The molecule has 0 N–H and O–H groups in total. The second kappa shape index (κ2) is 7.20. The van der Waals surface area contributed by atoms with Gasteiger partial charge in [-0.25, -0.2) is 0 Å². The van der Waals surface area contributed by atoms with E-state index in [2.05, 4.69) is 90.7 Å². The van der Waals surface area contributed by atoms with Gasteiger partial charge in [0.25, 0.3) is 0 Å². The first-order chi connectivity index (χ1) is 13.7. The Morgan fingerprint density at radius 1 is 0.857 bits per heavy atom. The summed E-state index contributed by atoms with van der Waals surface area (Å²) in [5.41, 5.74) is 6.56. The number of hydrogen-bond donors (Lipinski definition) is 0. The number of nitrogens with zero attached hydrogens (tertiary/aromatic N) is 1. The first-order valence-corrected chi connectivity index (χ1v) is 10.3. The van der Waals surface area contributed by atoms with Crippen LogP contribution < -0.4 is 0 Å². The molecule has 3 aromatic carbocycles. The second-order valence-electron chi connectivity index (χ2n) is 8.25. The summed E-state index contributed by atoms with van der Waals surface area (Å²) in [7, 11) is 0. The van der Waals surface area contributed by atoms with Gasteiger partial charge in [-0.05, 0) is 42.0 Å². The van der Waals surface area contributed by atoms with Gasteiger partial charge in [-0.2, -0.15) is 0 Å². The molecule has 0 saturated carbocycles. The molecule has 1 fully saturated rings. The molecular weight excluding hydrogens is 342 g/mol. The summed E-state index contributed by atoms with van der Waals surface area (Å²) in [6, 6.07) is 28.5. The normalized spacial score (nSPS) is 21.0. The van der Waals surface area contributed by atoms with Crippen LogP contribution >= 0.6 is 0 Å². The van der Waals surface area contributed by atoms with Gasteiger partial charge in [-0.15, -0.1) is 0 Å². The van der Waals surface area contributed by atoms with Crippen molar-refractivity contribution in [3.8, 4) is 0 Å². The van der Waals surface area contributed by atoms with Crippen LogP contribution in [0.2, 0.25) is 0 Å². The van der Waals surface area contributed by atoms with Crippen LogP contribution in [-0.2, 0) is 16.9 Å². The molecule has 28 heavy (non-hydrogen) atoms. The van der Waals surface area contributed by atoms with Gasteiger partial charge in [0, 0.05) is 19.6 Å². The van der Waals surface area contributed by atoms with Crippen molar-refractivity contribution in [2.75, 3.05) is 13.1 Å². The fourth-order valence-corrected chi connectivity index (χ4v) is 4.78. The smallest absolute Gasteiger partial charge is 0.109 e. The fourth-order valence-electron chi connectivity index (χ4n) is 4.78. The number of fused-ring (bicyclic) bond motifs is 2. The molecule has 1 atom stereocenters. The van der Waals surface area contributed by atoms with Crippen LogP contribution in [0.15, 0.2) is 78.9 Å². The molecule has 2 heterocycles. The molecule has 0 aliphatic carbocycles. The molecule has 142 valence electrons. The standard InChI is InChI=1S/C26H27NO/c1-20-11-13-22(14-12-20)25-23-9-5-6-10-24(23)26(28-25)15-17-27(18-16-26)19-21-7-3-2-4-8-21/h2-14,25H,15-19H2,1H3. The number of benzene rings is 3. The molecule has 0 aromatic heterocycles. The Labute approximate surface area is 167 Å². The van der Waals surface area contributed by atoms with E-state index in [0.717, 1.165) is 32.5 Å². The third kappa shape index (κ3) is 3.17. The van der Waals surface area contributed by atoms with Gasteiger partial charge in [0.1, 0.15) is 6.10 Å². The Balaban J connectivity index is 1.38. The zero-order valence-electron chi connectivity index (χ0n) is 16.5. The van der Waals surface area contributed by atoms with E-state index >= 15 is 0 Å². The number of ether oxygens (including phenoxy) is 1. The number of likely N-dealkylation sites (tertiary alicyclic amines) is 1. The molecule has 0 amide bonds. The minimum atomic E-state index is -0.140. The largest absolute Gasteiger partial charge is 0.358 e. The maximum absolute atomic E-state index is 6.86. The van der Waals surface area contributed by atoms with Crippen LogP contribution in [0.25, 0.3) is 0 Å². The van der Waals surface area contributed by atoms with Crippen molar-refractivity contribution in [2.24, 2.45) is 0 Å². The summed E-state index contributed by atoms with van der Waals surface area (Å²) in [4.78, 5) is 2.56. The summed E-state index contributed by atoms with van der Waals surface area (Å²) in [6.45, 7) is 5.31. The van der Waals surface area contributed by atoms with E-state index in [1.165, 1.54) is 27.8 Å². The minimum absolute atomic E-state index is 0.0532. The van der Waals surface area contributed by atoms with E-state index in [1.807, 2.05) is 0 Å². The van der Waals surface area contributed by atoms with Crippen molar-refractivity contribution in [3.63, 3.8) is 0 Å². The van der Waals surface area contributed by atoms with Crippen molar-refractivity contribution in [1.29, 1.82) is 0 Å². The highest BCUT2D eigenvalue weighted by Gasteiger charge is 2.46. The SMILES string of the molecule is Cc1ccc(C2OC3(CCN(Cc4ccccc4)CC3)c3ccccc32)cc1. The molecular formula is C26H27NO. The highest BCUT2D eigenvalue weighted by Crippen LogP contribution is 2.51. The summed E-state index contributed by atoms with van der Waals surface area (Å²) in [5.74, 6) is 0. The monoisotopic (exact) mass is 369 g/mol. The van der Waals surface area contributed by atoms with Gasteiger partial charge in [-0.3, -0.25) is 4.90 Å². The molecule has 5 rings (SSSR count). The van der Waals surface area contributed by atoms with Gasteiger partial charge < -0.3 is 4.74 Å². The number of rotatable bonds is 3. The Kier molecular flexibility index (Phi) is 4.54. The average molecular weight is 370 g/mol. The first-order valence-electron chi connectivity index (χ1n) is 10.3. The third-order valence-corrected chi connectivity index (χ3v) is 6.37. The fraction of sp³-hybridized carbons (Fsp3) is 0.308. The number of aryl methyl sites for hydroxylation is 1. The van der Waals surface area contributed by atoms with Gasteiger partial charge in [0.2, 0.25) is 0 Å². The van der Waals surface area contributed by atoms with Crippen molar-refractivity contribution < 1.29 is 4.74 Å². The molecule has 3 aromatic rings. The molecule has 1 unspecified atom stereocenters. The van der Waals surface area contributed by atoms with Crippen molar-refractivity contribution >= 4 is 0 Å². The molecule has 2 aliphatic rings. The van der Waals surface area contributed by atoms with Crippen LogP contribution in [0.3, 0.4) is 0 Å². The van der Waals surface area contributed by atoms with Crippen molar-refractivity contribution in [2.45, 2.75) is 38.0 Å². The van der Waals surface area contributed by atoms with E-state index in [-0.39, 0.29) is 11.7 Å². The van der Waals surface area contributed by atoms with Gasteiger partial charge in [0.15, 0.2) is 0 Å². The van der Waals surface area contributed by atoms with E-state index < -0.39 is 0 Å². The summed E-state index contributed by atoms with van der Waals surface area (Å²) in [6.07, 6.45) is 2.16. The molecule has 2 aliphatic heterocycles. The van der Waals surface area contributed by atoms with E-state index in [4.69, 9.17) is 4.74 Å².